The first-order valence-electron chi connectivity index (χ1n) is 6.80. The van der Waals surface area contributed by atoms with Gasteiger partial charge in [0.05, 0.1) is 5.39 Å². The van der Waals surface area contributed by atoms with Crippen LogP contribution in [-0.4, -0.2) is 28.1 Å². The fraction of sp³-hybridized carbons (Fsp3) is 0.188. The molecule has 3 aromatic rings. The molecule has 0 spiro atoms. The van der Waals surface area contributed by atoms with Crippen molar-refractivity contribution in [2.75, 3.05) is 11.9 Å². The van der Waals surface area contributed by atoms with Crippen LogP contribution in [0.3, 0.4) is 0 Å². The first-order chi connectivity index (χ1) is 10.6. The minimum absolute atomic E-state index is 0.324. The first kappa shape index (κ1) is 14.5. The van der Waals surface area contributed by atoms with Crippen molar-refractivity contribution in [3.63, 3.8) is 0 Å². The summed E-state index contributed by atoms with van der Waals surface area (Å²) in [6.07, 6.45) is 1.49. The largest absolute Gasteiger partial charge is 0.477 e. The van der Waals surface area contributed by atoms with Crippen LogP contribution < -0.4 is 4.90 Å². The number of fused-ring (bicyclic) bond motifs is 1. The van der Waals surface area contributed by atoms with E-state index in [1.807, 2.05) is 37.1 Å². The van der Waals surface area contributed by atoms with Gasteiger partial charge in [0.2, 0.25) is 0 Å². The van der Waals surface area contributed by atoms with Crippen molar-refractivity contribution in [2.45, 2.75) is 13.5 Å². The minimum atomic E-state index is -0.919. The number of carbonyl (C=O) groups is 1. The predicted molar refractivity (Wildman–Crippen MR) is 87.7 cm³/mol. The third kappa shape index (κ3) is 2.53. The molecule has 1 N–H and O–H groups in total. The van der Waals surface area contributed by atoms with Crippen LogP contribution in [0.4, 0.5) is 5.82 Å². The molecule has 5 nitrogen and oxygen atoms in total. The average molecular weight is 313 g/mol. The topological polar surface area (TPSA) is 66.3 Å². The summed E-state index contributed by atoms with van der Waals surface area (Å²) in [5.74, 6) is -0.160. The molecule has 0 radical (unpaired) electrons. The maximum Gasteiger partial charge on any atom is 0.346 e. The van der Waals surface area contributed by atoms with E-state index in [2.05, 4.69) is 22.1 Å². The zero-order valence-electron chi connectivity index (χ0n) is 12.3. The van der Waals surface area contributed by atoms with Gasteiger partial charge in [-0.2, -0.15) is 0 Å². The van der Waals surface area contributed by atoms with Crippen molar-refractivity contribution in [2.24, 2.45) is 0 Å². The maximum absolute atomic E-state index is 11.3. The van der Waals surface area contributed by atoms with E-state index in [9.17, 15) is 9.90 Å². The molecule has 0 atom stereocenters. The monoisotopic (exact) mass is 313 g/mol. The minimum Gasteiger partial charge on any atom is -0.477 e. The van der Waals surface area contributed by atoms with E-state index < -0.39 is 5.97 Å². The third-order valence-corrected chi connectivity index (χ3v) is 4.71. The molecule has 0 aliphatic heterocycles. The molecule has 112 valence electrons. The Morgan fingerprint density at radius 2 is 2.00 bits per heavy atom. The molecule has 1 aromatic carbocycles. The number of aryl methyl sites for hydroxylation is 1. The molecule has 6 heteroatoms. The van der Waals surface area contributed by atoms with E-state index in [0.29, 0.717) is 16.3 Å². The Morgan fingerprint density at radius 1 is 1.27 bits per heavy atom. The molecule has 2 heterocycles. The summed E-state index contributed by atoms with van der Waals surface area (Å²) in [5, 5.41) is 10.1. The third-order valence-electron chi connectivity index (χ3n) is 3.53. The summed E-state index contributed by atoms with van der Waals surface area (Å²) in [4.78, 5) is 22.9. The fourth-order valence-corrected chi connectivity index (χ4v) is 3.46. The number of thiophene rings is 1. The average Bonchev–Trinajstić information content (AvgIpc) is 2.86. The summed E-state index contributed by atoms with van der Waals surface area (Å²) < 4.78 is 0. The van der Waals surface area contributed by atoms with Gasteiger partial charge < -0.3 is 10.0 Å². The molecule has 0 unspecified atom stereocenters. The number of benzene rings is 1. The van der Waals surface area contributed by atoms with Gasteiger partial charge in [0.15, 0.2) is 0 Å². The van der Waals surface area contributed by atoms with Crippen molar-refractivity contribution in [1.82, 2.24) is 9.97 Å². The van der Waals surface area contributed by atoms with E-state index in [0.717, 1.165) is 16.8 Å². The van der Waals surface area contributed by atoms with Gasteiger partial charge >= 0.3 is 5.97 Å². The number of nitrogens with zero attached hydrogens (tertiary/aromatic N) is 3. The van der Waals surface area contributed by atoms with E-state index in [-0.39, 0.29) is 0 Å². The van der Waals surface area contributed by atoms with Crippen LogP contribution in [0.5, 0.6) is 0 Å². The van der Waals surface area contributed by atoms with Crippen LogP contribution >= 0.6 is 11.3 Å². The molecule has 0 aliphatic rings. The Morgan fingerprint density at radius 3 is 2.68 bits per heavy atom. The predicted octanol–water partition coefficient (Wildman–Crippen LogP) is 3.33. The Balaban J connectivity index is 2.05. The first-order valence-corrected chi connectivity index (χ1v) is 7.62. The van der Waals surface area contributed by atoms with Crippen LogP contribution in [0, 0.1) is 6.92 Å². The van der Waals surface area contributed by atoms with Crippen LogP contribution in [0.1, 0.15) is 20.8 Å². The van der Waals surface area contributed by atoms with E-state index in [1.165, 1.54) is 23.2 Å². The second kappa shape index (κ2) is 5.73. The zero-order valence-corrected chi connectivity index (χ0v) is 13.1. The molecular formula is C16H15N3O2S. The Bertz CT molecular complexity index is 830. The number of anilines is 1. The van der Waals surface area contributed by atoms with Gasteiger partial charge in [0.1, 0.15) is 21.9 Å². The zero-order chi connectivity index (χ0) is 15.7. The molecule has 0 saturated carbocycles. The SMILES string of the molecule is Cc1c(C(=O)O)sc2ncnc(N(C)Cc3ccccc3)c12. The second-order valence-electron chi connectivity index (χ2n) is 5.08. The highest BCUT2D eigenvalue weighted by atomic mass is 32.1. The highest BCUT2D eigenvalue weighted by Crippen LogP contribution is 2.34. The van der Waals surface area contributed by atoms with Crippen molar-refractivity contribution in [1.29, 1.82) is 0 Å². The number of aromatic nitrogens is 2. The lowest BCUT2D eigenvalue weighted by Gasteiger charge is -2.19. The summed E-state index contributed by atoms with van der Waals surface area (Å²) in [6, 6.07) is 10.1. The molecule has 3 rings (SSSR count). The number of aromatic carboxylic acids is 1. The summed E-state index contributed by atoms with van der Waals surface area (Å²) in [5.41, 5.74) is 1.89. The number of carboxylic acid groups (broad SMARTS) is 1. The second-order valence-corrected chi connectivity index (χ2v) is 6.08. The molecule has 22 heavy (non-hydrogen) atoms. The molecule has 0 aliphatic carbocycles. The summed E-state index contributed by atoms with van der Waals surface area (Å²) in [6.45, 7) is 2.51. The summed E-state index contributed by atoms with van der Waals surface area (Å²) >= 11 is 1.19. The van der Waals surface area contributed by atoms with Crippen molar-refractivity contribution in [3.05, 3.63) is 52.7 Å². The van der Waals surface area contributed by atoms with Gasteiger partial charge in [-0.3, -0.25) is 0 Å². The maximum atomic E-state index is 11.3. The van der Waals surface area contributed by atoms with Gasteiger partial charge in [-0.25, -0.2) is 14.8 Å². The fourth-order valence-electron chi connectivity index (χ4n) is 2.48. The van der Waals surface area contributed by atoms with E-state index in [1.54, 1.807) is 0 Å². The molecule has 0 saturated heterocycles. The smallest absolute Gasteiger partial charge is 0.346 e. The molecule has 0 fully saturated rings. The number of hydrogen-bond acceptors (Lipinski definition) is 5. The number of hydrogen-bond donors (Lipinski definition) is 1. The molecule has 2 aromatic heterocycles. The number of rotatable bonds is 4. The van der Waals surface area contributed by atoms with Gasteiger partial charge in [-0.1, -0.05) is 30.3 Å². The molecule has 0 amide bonds. The Hall–Kier alpha value is -2.47. The van der Waals surface area contributed by atoms with Crippen LogP contribution in [0.25, 0.3) is 10.2 Å². The van der Waals surface area contributed by atoms with Crippen molar-refractivity contribution < 1.29 is 9.90 Å². The van der Waals surface area contributed by atoms with Crippen LogP contribution in [0.2, 0.25) is 0 Å². The standard InChI is InChI=1S/C16H15N3O2S/c1-10-12-14(19(2)8-11-6-4-3-5-7-11)17-9-18-15(12)22-13(10)16(20)21/h3-7,9H,8H2,1-2H3,(H,20,21). The Labute approximate surface area is 131 Å². The number of carboxylic acids is 1. The van der Waals surface area contributed by atoms with Gasteiger partial charge in [-0.05, 0) is 18.1 Å². The van der Waals surface area contributed by atoms with E-state index >= 15 is 0 Å². The highest BCUT2D eigenvalue weighted by Gasteiger charge is 2.20. The lowest BCUT2D eigenvalue weighted by Crippen LogP contribution is -2.18. The van der Waals surface area contributed by atoms with Gasteiger partial charge in [0, 0.05) is 13.6 Å². The van der Waals surface area contributed by atoms with Crippen molar-refractivity contribution in [3.8, 4) is 0 Å². The quantitative estimate of drug-likeness (QED) is 0.800. The Kier molecular flexibility index (Phi) is 3.77. The van der Waals surface area contributed by atoms with Gasteiger partial charge in [0.25, 0.3) is 0 Å². The van der Waals surface area contributed by atoms with Gasteiger partial charge in [-0.15, -0.1) is 11.3 Å². The normalized spacial score (nSPS) is 10.8. The highest BCUT2D eigenvalue weighted by molar-refractivity contribution is 7.20. The lowest BCUT2D eigenvalue weighted by atomic mass is 10.1. The van der Waals surface area contributed by atoms with Crippen LogP contribution in [-0.2, 0) is 6.54 Å². The molecular weight excluding hydrogens is 298 g/mol. The van der Waals surface area contributed by atoms with Crippen molar-refractivity contribution >= 4 is 33.3 Å². The lowest BCUT2D eigenvalue weighted by molar-refractivity contribution is 0.0701. The molecule has 0 bridgehead atoms. The summed E-state index contributed by atoms with van der Waals surface area (Å²) in [7, 11) is 1.95. The van der Waals surface area contributed by atoms with Crippen LogP contribution in [0.15, 0.2) is 36.7 Å². The van der Waals surface area contributed by atoms with E-state index in [4.69, 9.17) is 0 Å².